The van der Waals surface area contributed by atoms with Crippen molar-refractivity contribution in [3.63, 3.8) is 0 Å². The van der Waals surface area contributed by atoms with Gasteiger partial charge in [0.05, 0.1) is 6.61 Å². The van der Waals surface area contributed by atoms with Gasteiger partial charge >= 0.3 is 5.97 Å². The van der Waals surface area contributed by atoms with Gasteiger partial charge in [0.25, 0.3) is 0 Å². The van der Waals surface area contributed by atoms with Crippen LogP contribution in [0.5, 0.6) is 5.75 Å². The zero-order chi connectivity index (χ0) is 12.0. The fourth-order valence-corrected chi connectivity index (χ4v) is 1.32. The van der Waals surface area contributed by atoms with Gasteiger partial charge in [-0.25, -0.2) is 4.79 Å². The summed E-state index contributed by atoms with van der Waals surface area (Å²) in [5.74, 6) is -0.644. The van der Waals surface area contributed by atoms with Crippen LogP contribution in [-0.4, -0.2) is 17.7 Å². The summed E-state index contributed by atoms with van der Waals surface area (Å²) in [6, 6.07) is 4.36. The SMILES string of the molecule is CCCCCOC(=O)c1ccc(N)cc1O. The molecule has 0 heterocycles. The van der Waals surface area contributed by atoms with Crippen molar-refractivity contribution in [2.45, 2.75) is 26.2 Å². The molecule has 0 spiro atoms. The molecule has 0 aliphatic carbocycles. The van der Waals surface area contributed by atoms with Crippen LogP contribution in [0.3, 0.4) is 0 Å². The Hall–Kier alpha value is -1.71. The Balaban J connectivity index is 2.53. The number of nitrogen functional groups attached to an aromatic ring is 1. The molecule has 4 nitrogen and oxygen atoms in total. The van der Waals surface area contributed by atoms with E-state index >= 15 is 0 Å². The number of hydrogen-bond donors (Lipinski definition) is 2. The average molecular weight is 223 g/mol. The van der Waals surface area contributed by atoms with Crippen molar-refractivity contribution >= 4 is 11.7 Å². The topological polar surface area (TPSA) is 72.5 Å². The lowest BCUT2D eigenvalue weighted by molar-refractivity contribution is 0.0495. The molecule has 0 aliphatic rings. The van der Waals surface area contributed by atoms with Gasteiger partial charge in [0.1, 0.15) is 11.3 Å². The summed E-state index contributed by atoms with van der Waals surface area (Å²) in [6.45, 7) is 2.46. The van der Waals surface area contributed by atoms with Crippen LogP contribution in [0.4, 0.5) is 5.69 Å². The summed E-state index contributed by atoms with van der Waals surface area (Å²) in [7, 11) is 0. The van der Waals surface area contributed by atoms with E-state index in [0.717, 1.165) is 19.3 Å². The number of hydrogen-bond acceptors (Lipinski definition) is 4. The van der Waals surface area contributed by atoms with Crippen molar-refractivity contribution in [3.05, 3.63) is 23.8 Å². The number of esters is 1. The molecule has 0 saturated carbocycles. The van der Waals surface area contributed by atoms with E-state index in [0.29, 0.717) is 12.3 Å². The Morgan fingerprint density at radius 1 is 1.44 bits per heavy atom. The van der Waals surface area contributed by atoms with E-state index in [4.69, 9.17) is 10.5 Å². The van der Waals surface area contributed by atoms with Crippen LogP contribution >= 0.6 is 0 Å². The molecule has 0 aromatic heterocycles. The number of phenolic OH excluding ortho intramolecular Hbond substituents is 1. The number of rotatable bonds is 5. The first-order chi connectivity index (χ1) is 7.65. The number of anilines is 1. The van der Waals surface area contributed by atoms with Crippen molar-refractivity contribution in [2.75, 3.05) is 12.3 Å². The number of unbranched alkanes of at least 4 members (excludes halogenated alkanes) is 2. The Morgan fingerprint density at radius 2 is 2.19 bits per heavy atom. The third-order valence-electron chi connectivity index (χ3n) is 2.22. The number of benzene rings is 1. The van der Waals surface area contributed by atoms with E-state index in [2.05, 4.69) is 6.92 Å². The number of nitrogens with two attached hydrogens (primary N) is 1. The highest BCUT2D eigenvalue weighted by Crippen LogP contribution is 2.20. The molecule has 1 aromatic rings. The lowest BCUT2D eigenvalue weighted by atomic mass is 10.2. The van der Waals surface area contributed by atoms with Gasteiger partial charge in [-0.05, 0) is 18.6 Å². The second-order valence-electron chi connectivity index (χ2n) is 3.62. The fraction of sp³-hybridized carbons (Fsp3) is 0.417. The van der Waals surface area contributed by atoms with E-state index in [9.17, 15) is 9.90 Å². The highest BCUT2D eigenvalue weighted by Gasteiger charge is 2.12. The minimum absolute atomic E-state index is 0.138. The van der Waals surface area contributed by atoms with Crippen LogP contribution in [0.1, 0.15) is 36.5 Å². The maximum atomic E-state index is 11.5. The molecule has 0 bridgehead atoms. The van der Waals surface area contributed by atoms with Crippen LogP contribution in [0, 0.1) is 0 Å². The summed E-state index contributed by atoms with van der Waals surface area (Å²) in [5, 5.41) is 9.48. The van der Waals surface area contributed by atoms with Gasteiger partial charge < -0.3 is 15.6 Å². The summed E-state index contributed by atoms with van der Waals surface area (Å²) in [6.07, 6.45) is 2.95. The van der Waals surface area contributed by atoms with Crippen LogP contribution in [0.15, 0.2) is 18.2 Å². The van der Waals surface area contributed by atoms with E-state index in [1.165, 1.54) is 12.1 Å². The van der Waals surface area contributed by atoms with Crippen LogP contribution in [0.2, 0.25) is 0 Å². The molecular weight excluding hydrogens is 206 g/mol. The first kappa shape index (κ1) is 12.4. The normalized spacial score (nSPS) is 10.1. The molecule has 1 aromatic carbocycles. The third kappa shape index (κ3) is 3.46. The average Bonchev–Trinajstić information content (AvgIpc) is 2.24. The number of carbonyl (C=O) groups is 1. The van der Waals surface area contributed by atoms with Crippen LogP contribution in [-0.2, 0) is 4.74 Å². The maximum absolute atomic E-state index is 11.5. The number of aromatic hydroxyl groups is 1. The highest BCUT2D eigenvalue weighted by molar-refractivity contribution is 5.92. The maximum Gasteiger partial charge on any atom is 0.341 e. The highest BCUT2D eigenvalue weighted by atomic mass is 16.5. The van der Waals surface area contributed by atoms with Crippen LogP contribution < -0.4 is 5.73 Å². The van der Waals surface area contributed by atoms with Gasteiger partial charge in [0, 0.05) is 11.8 Å². The molecule has 88 valence electrons. The molecule has 1 rings (SSSR count). The Kier molecular flexibility index (Phi) is 4.64. The van der Waals surface area contributed by atoms with Crippen molar-refractivity contribution in [1.29, 1.82) is 0 Å². The molecule has 4 heteroatoms. The Bertz CT molecular complexity index is 363. The van der Waals surface area contributed by atoms with Gasteiger partial charge in [0.15, 0.2) is 0 Å². The molecular formula is C12H17NO3. The van der Waals surface area contributed by atoms with Crippen molar-refractivity contribution in [1.82, 2.24) is 0 Å². The monoisotopic (exact) mass is 223 g/mol. The first-order valence-electron chi connectivity index (χ1n) is 5.40. The van der Waals surface area contributed by atoms with E-state index in [-0.39, 0.29) is 11.3 Å². The lowest BCUT2D eigenvalue weighted by Crippen LogP contribution is -2.07. The summed E-state index contributed by atoms with van der Waals surface area (Å²) < 4.78 is 5.01. The molecule has 0 amide bonds. The second-order valence-corrected chi connectivity index (χ2v) is 3.62. The Morgan fingerprint density at radius 3 is 2.81 bits per heavy atom. The molecule has 0 aliphatic heterocycles. The van der Waals surface area contributed by atoms with E-state index < -0.39 is 5.97 Å². The third-order valence-corrected chi connectivity index (χ3v) is 2.22. The van der Waals surface area contributed by atoms with E-state index in [1.54, 1.807) is 6.07 Å². The zero-order valence-corrected chi connectivity index (χ0v) is 9.40. The molecule has 0 radical (unpaired) electrons. The smallest absolute Gasteiger partial charge is 0.341 e. The Labute approximate surface area is 95.0 Å². The summed E-state index contributed by atoms with van der Waals surface area (Å²) >= 11 is 0. The van der Waals surface area contributed by atoms with Gasteiger partial charge in [-0.3, -0.25) is 0 Å². The summed E-state index contributed by atoms with van der Waals surface area (Å²) in [4.78, 5) is 11.5. The largest absolute Gasteiger partial charge is 0.507 e. The van der Waals surface area contributed by atoms with Crippen molar-refractivity contribution in [2.24, 2.45) is 0 Å². The first-order valence-corrected chi connectivity index (χ1v) is 5.40. The number of carbonyl (C=O) groups excluding carboxylic acids is 1. The number of phenols is 1. The second kappa shape index (κ2) is 6.00. The van der Waals surface area contributed by atoms with Gasteiger partial charge in [-0.1, -0.05) is 19.8 Å². The number of ether oxygens (including phenoxy) is 1. The zero-order valence-electron chi connectivity index (χ0n) is 9.40. The predicted octanol–water partition coefficient (Wildman–Crippen LogP) is 2.32. The minimum Gasteiger partial charge on any atom is -0.507 e. The minimum atomic E-state index is -0.506. The molecule has 0 unspecified atom stereocenters. The van der Waals surface area contributed by atoms with Crippen molar-refractivity contribution < 1.29 is 14.6 Å². The van der Waals surface area contributed by atoms with Gasteiger partial charge in [-0.2, -0.15) is 0 Å². The lowest BCUT2D eigenvalue weighted by Gasteiger charge is -2.06. The molecule has 3 N–H and O–H groups in total. The molecule has 16 heavy (non-hydrogen) atoms. The molecule has 0 saturated heterocycles. The fourth-order valence-electron chi connectivity index (χ4n) is 1.32. The van der Waals surface area contributed by atoms with E-state index in [1.807, 2.05) is 0 Å². The standard InChI is InChI=1S/C12H17NO3/c1-2-3-4-7-16-12(15)10-6-5-9(13)8-11(10)14/h5-6,8,14H,2-4,7,13H2,1H3. The van der Waals surface area contributed by atoms with Crippen LogP contribution in [0.25, 0.3) is 0 Å². The predicted molar refractivity (Wildman–Crippen MR) is 62.3 cm³/mol. The van der Waals surface area contributed by atoms with Crippen molar-refractivity contribution in [3.8, 4) is 5.75 Å². The van der Waals surface area contributed by atoms with Gasteiger partial charge in [0.2, 0.25) is 0 Å². The summed E-state index contributed by atoms with van der Waals surface area (Å²) in [5.41, 5.74) is 6.03. The molecule has 0 fully saturated rings. The quantitative estimate of drug-likeness (QED) is 0.456. The van der Waals surface area contributed by atoms with Gasteiger partial charge in [-0.15, -0.1) is 0 Å². The molecule has 0 atom stereocenters.